The monoisotopic (exact) mass is 241 g/mol. The van der Waals surface area contributed by atoms with E-state index in [1.807, 2.05) is 13.8 Å². The van der Waals surface area contributed by atoms with Crippen LogP contribution >= 0.6 is 11.6 Å². The molecule has 0 aromatic heterocycles. The van der Waals surface area contributed by atoms with Crippen molar-refractivity contribution in [3.8, 4) is 5.75 Å². The number of nitrogens with one attached hydrogen (secondary N) is 1. The lowest BCUT2D eigenvalue weighted by molar-refractivity contribution is 0.0939. The highest BCUT2D eigenvalue weighted by molar-refractivity contribution is 6.18. The van der Waals surface area contributed by atoms with E-state index in [1.54, 1.807) is 12.1 Å². The lowest BCUT2D eigenvalue weighted by Gasteiger charge is -2.21. The Bertz CT molecular complexity index is 377. The van der Waals surface area contributed by atoms with Crippen molar-refractivity contribution in [1.82, 2.24) is 5.32 Å². The van der Waals surface area contributed by atoms with Crippen LogP contribution in [0.15, 0.2) is 24.3 Å². The minimum atomic E-state index is -0.200. The van der Waals surface area contributed by atoms with Crippen LogP contribution in [-0.4, -0.2) is 23.4 Å². The molecule has 2 N–H and O–H groups in total. The Kier molecular flexibility index (Phi) is 4.19. The van der Waals surface area contributed by atoms with Gasteiger partial charge in [0.15, 0.2) is 0 Å². The average Bonchev–Trinajstić information content (AvgIpc) is 2.26. The minimum Gasteiger partial charge on any atom is -0.508 e. The van der Waals surface area contributed by atoms with E-state index in [2.05, 4.69) is 5.32 Å². The number of aromatic hydroxyl groups is 1. The number of hydrogen-bond acceptors (Lipinski definition) is 2. The molecule has 4 heteroatoms. The van der Waals surface area contributed by atoms with E-state index in [0.29, 0.717) is 18.0 Å². The second-order valence-corrected chi connectivity index (χ2v) is 4.80. The largest absolute Gasteiger partial charge is 0.508 e. The Morgan fingerprint density at radius 2 is 2.19 bits per heavy atom. The quantitative estimate of drug-likeness (QED) is 0.796. The van der Waals surface area contributed by atoms with Gasteiger partial charge in [-0.3, -0.25) is 4.79 Å². The highest BCUT2D eigenvalue weighted by Crippen LogP contribution is 2.16. The maximum atomic E-state index is 11.7. The molecule has 0 bridgehead atoms. The Morgan fingerprint density at radius 3 is 2.75 bits per heavy atom. The van der Waals surface area contributed by atoms with Crippen LogP contribution in [0.1, 0.15) is 24.2 Å². The molecule has 1 aromatic carbocycles. The fourth-order valence-electron chi connectivity index (χ4n) is 1.12. The molecule has 0 spiro atoms. The molecule has 0 heterocycles. The van der Waals surface area contributed by atoms with Crippen molar-refractivity contribution >= 4 is 17.5 Å². The van der Waals surface area contributed by atoms with Gasteiger partial charge in [0.05, 0.1) is 0 Å². The van der Waals surface area contributed by atoms with Crippen LogP contribution in [-0.2, 0) is 0 Å². The molecule has 1 amide bonds. The zero-order valence-electron chi connectivity index (χ0n) is 9.46. The lowest BCUT2D eigenvalue weighted by atomic mass is 9.96. The van der Waals surface area contributed by atoms with Gasteiger partial charge in [-0.05, 0) is 23.6 Å². The molecule has 0 aliphatic rings. The van der Waals surface area contributed by atoms with E-state index in [4.69, 9.17) is 11.6 Å². The fourth-order valence-corrected chi connectivity index (χ4v) is 1.21. The van der Waals surface area contributed by atoms with Gasteiger partial charge in [-0.25, -0.2) is 0 Å². The van der Waals surface area contributed by atoms with Crippen LogP contribution in [0.5, 0.6) is 5.75 Å². The van der Waals surface area contributed by atoms with Gasteiger partial charge in [0.2, 0.25) is 0 Å². The second-order valence-electron chi connectivity index (χ2n) is 4.53. The first kappa shape index (κ1) is 12.8. The van der Waals surface area contributed by atoms with Gasteiger partial charge in [0.25, 0.3) is 5.91 Å². The Balaban J connectivity index is 2.60. The zero-order valence-corrected chi connectivity index (χ0v) is 10.2. The van der Waals surface area contributed by atoms with Crippen LogP contribution in [0.2, 0.25) is 0 Å². The Morgan fingerprint density at radius 1 is 1.50 bits per heavy atom. The highest BCUT2D eigenvalue weighted by Gasteiger charge is 2.17. The molecule has 3 nitrogen and oxygen atoms in total. The van der Waals surface area contributed by atoms with Gasteiger partial charge >= 0.3 is 0 Å². The molecular formula is C12H16ClNO2. The molecule has 1 aromatic rings. The third-order valence-corrected chi connectivity index (χ3v) is 2.92. The predicted octanol–water partition coefficient (Wildman–Crippen LogP) is 2.39. The Hall–Kier alpha value is -1.22. The molecule has 0 radical (unpaired) electrons. The van der Waals surface area contributed by atoms with E-state index in [1.165, 1.54) is 12.1 Å². The topological polar surface area (TPSA) is 49.3 Å². The van der Waals surface area contributed by atoms with Gasteiger partial charge in [0.1, 0.15) is 5.75 Å². The first-order valence-electron chi connectivity index (χ1n) is 5.08. The number of rotatable bonds is 4. The number of phenolic OH excluding ortho intramolecular Hbond substituents is 1. The van der Waals surface area contributed by atoms with Crippen molar-refractivity contribution in [1.29, 1.82) is 0 Å². The summed E-state index contributed by atoms with van der Waals surface area (Å²) in [6.45, 7) is 4.45. The molecule has 0 unspecified atom stereocenters. The molecule has 88 valence electrons. The number of carbonyl (C=O) groups excluding carboxylic acids is 1. The molecule has 0 saturated heterocycles. The first-order chi connectivity index (χ1) is 7.44. The Labute approximate surface area is 100 Å². The van der Waals surface area contributed by atoms with E-state index >= 15 is 0 Å². The van der Waals surface area contributed by atoms with Gasteiger partial charge in [-0.1, -0.05) is 19.9 Å². The van der Waals surface area contributed by atoms with Gasteiger partial charge < -0.3 is 10.4 Å². The lowest BCUT2D eigenvalue weighted by Crippen LogP contribution is -2.34. The SMILES string of the molecule is CC(C)(CCl)CNC(=O)c1cccc(O)c1. The number of halogens is 1. The van der Waals surface area contributed by atoms with E-state index in [0.717, 1.165) is 0 Å². The summed E-state index contributed by atoms with van der Waals surface area (Å²) < 4.78 is 0. The summed E-state index contributed by atoms with van der Waals surface area (Å²) in [5.74, 6) is 0.367. The third kappa shape index (κ3) is 3.74. The predicted molar refractivity (Wildman–Crippen MR) is 64.9 cm³/mol. The second kappa shape index (κ2) is 5.21. The summed E-state index contributed by atoms with van der Waals surface area (Å²) in [5.41, 5.74) is 0.319. The number of amides is 1. The number of benzene rings is 1. The smallest absolute Gasteiger partial charge is 0.251 e. The number of carbonyl (C=O) groups is 1. The molecule has 16 heavy (non-hydrogen) atoms. The van der Waals surface area contributed by atoms with Crippen molar-refractivity contribution in [3.05, 3.63) is 29.8 Å². The van der Waals surface area contributed by atoms with Crippen molar-refractivity contribution in [3.63, 3.8) is 0 Å². The highest BCUT2D eigenvalue weighted by atomic mass is 35.5. The van der Waals surface area contributed by atoms with Crippen molar-refractivity contribution < 1.29 is 9.90 Å². The van der Waals surface area contributed by atoms with Crippen molar-refractivity contribution in [2.75, 3.05) is 12.4 Å². The summed E-state index contributed by atoms with van der Waals surface area (Å²) in [5, 5.41) is 12.0. The molecular weight excluding hydrogens is 226 g/mol. The van der Waals surface area contributed by atoms with Crippen LogP contribution in [0.4, 0.5) is 0 Å². The molecule has 0 fully saturated rings. The summed E-state index contributed by atoms with van der Waals surface area (Å²) >= 11 is 5.76. The summed E-state index contributed by atoms with van der Waals surface area (Å²) in [7, 11) is 0. The molecule has 0 saturated carbocycles. The van der Waals surface area contributed by atoms with E-state index in [9.17, 15) is 9.90 Å². The maximum Gasteiger partial charge on any atom is 0.251 e. The van der Waals surface area contributed by atoms with Crippen LogP contribution < -0.4 is 5.32 Å². The summed E-state index contributed by atoms with van der Waals surface area (Å²) in [4.78, 5) is 11.7. The van der Waals surface area contributed by atoms with E-state index in [-0.39, 0.29) is 17.1 Å². The van der Waals surface area contributed by atoms with Crippen molar-refractivity contribution in [2.45, 2.75) is 13.8 Å². The maximum absolute atomic E-state index is 11.7. The third-order valence-electron chi connectivity index (χ3n) is 2.20. The normalized spacial score (nSPS) is 11.2. The van der Waals surface area contributed by atoms with Crippen molar-refractivity contribution in [2.24, 2.45) is 5.41 Å². The molecule has 0 atom stereocenters. The molecule has 1 rings (SSSR count). The standard InChI is InChI=1S/C12H16ClNO2/c1-12(2,7-13)8-14-11(16)9-4-3-5-10(15)6-9/h3-6,15H,7-8H2,1-2H3,(H,14,16). The van der Waals surface area contributed by atoms with E-state index < -0.39 is 0 Å². The van der Waals surface area contributed by atoms with Gasteiger partial charge in [0, 0.05) is 18.0 Å². The fraction of sp³-hybridized carbons (Fsp3) is 0.417. The number of phenols is 1. The van der Waals surface area contributed by atoms with Gasteiger partial charge in [-0.15, -0.1) is 11.6 Å². The first-order valence-corrected chi connectivity index (χ1v) is 5.61. The molecule has 0 aliphatic carbocycles. The number of alkyl halides is 1. The summed E-state index contributed by atoms with van der Waals surface area (Å²) in [6.07, 6.45) is 0. The molecule has 0 aliphatic heterocycles. The van der Waals surface area contributed by atoms with Gasteiger partial charge in [-0.2, -0.15) is 0 Å². The van der Waals surface area contributed by atoms with Crippen LogP contribution in [0, 0.1) is 5.41 Å². The summed E-state index contributed by atoms with van der Waals surface area (Å²) in [6, 6.07) is 6.25. The zero-order chi connectivity index (χ0) is 12.2. The van der Waals surface area contributed by atoms with Crippen LogP contribution in [0.3, 0.4) is 0 Å². The average molecular weight is 242 g/mol. The van der Waals surface area contributed by atoms with Crippen LogP contribution in [0.25, 0.3) is 0 Å². The number of hydrogen-bond donors (Lipinski definition) is 2. The minimum absolute atomic E-state index is 0.0873.